The van der Waals surface area contributed by atoms with Crippen LogP contribution in [0.1, 0.15) is 63.9 Å². The molecule has 0 aliphatic heterocycles. The predicted molar refractivity (Wildman–Crippen MR) is 142 cm³/mol. The molecule has 4 heteroatoms. The Labute approximate surface area is 205 Å². The second-order valence-corrected chi connectivity index (χ2v) is 7.98. The highest BCUT2D eigenvalue weighted by Crippen LogP contribution is 2.24. The molecule has 0 bridgehead atoms. The molecular formula is C30H40O4. The van der Waals surface area contributed by atoms with Gasteiger partial charge in [-0.2, -0.15) is 0 Å². The number of ether oxygens (including phenoxy) is 1. The largest absolute Gasteiger partial charge is 0.504 e. The maximum Gasteiger partial charge on any atom is 0.330 e. The maximum absolute atomic E-state index is 11.7. The Morgan fingerprint density at radius 1 is 0.765 bits per heavy atom. The molecule has 4 nitrogen and oxygen atoms in total. The van der Waals surface area contributed by atoms with Crippen LogP contribution in [-0.2, 0) is 16.0 Å². The van der Waals surface area contributed by atoms with E-state index in [1.54, 1.807) is 18.2 Å². The van der Waals surface area contributed by atoms with E-state index in [1.807, 2.05) is 42.5 Å². The molecule has 1 aromatic rings. The summed E-state index contributed by atoms with van der Waals surface area (Å²) < 4.78 is 5.11. The number of esters is 1. The number of allylic oxidation sites excluding steroid dienone is 11. The minimum Gasteiger partial charge on any atom is -0.504 e. The molecule has 0 saturated carbocycles. The van der Waals surface area contributed by atoms with E-state index >= 15 is 0 Å². The van der Waals surface area contributed by atoms with Crippen molar-refractivity contribution >= 4 is 5.97 Å². The third-order valence-corrected chi connectivity index (χ3v) is 5.02. The molecule has 0 fully saturated rings. The van der Waals surface area contributed by atoms with Gasteiger partial charge in [-0.05, 0) is 30.5 Å². The van der Waals surface area contributed by atoms with Gasteiger partial charge in [0.2, 0.25) is 0 Å². The minimum atomic E-state index is -0.429. The SMILES string of the molecule is CCCCCCCCCC=CC=CC=CC=CC=CC=CC(=O)OCCc1ccc(O)c(O)c1. The second kappa shape index (κ2) is 20.3. The van der Waals surface area contributed by atoms with E-state index in [2.05, 4.69) is 19.1 Å². The van der Waals surface area contributed by atoms with Crippen LogP contribution in [0.25, 0.3) is 0 Å². The van der Waals surface area contributed by atoms with E-state index in [-0.39, 0.29) is 18.1 Å². The van der Waals surface area contributed by atoms with Crippen molar-refractivity contribution < 1.29 is 19.7 Å². The molecule has 0 radical (unpaired) electrons. The van der Waals surface area contributed by atoms with E-state index in [9.17, 15) is 15.0 Å². The van der Waals surface area contributed by atoms with Gasteiger partial charge in [-0.3, -0.25) is 0 Å². The van der Waals surface area contributed by atoms with Gasteiger partial charge in [0, 0.05) is 12.5 Å². The molecule has 0 atom stereocenters. The number of benzene rings is 1. The topological polar surface area (TPSA) is 66.8 Å². The van der Waals surface area contributed by atoms with Crippen LogP contribution in [0.15, 0.2) is 91.1 Å². The van der Waals surface area contributed by atoms with Gasteiger partial charge >= 0.3 is 5.97 Å². The van der Waals surface area contributed by atoms with Gasteiger partial charge in [0.25, 0.3) is 0 Å². The summed E-state index contributed by atoms with van der Waals surface area (Å²) in [6.45, 7) is 2.45. The summed E-state index contributed by atoms with van der Waals surface area (Å²) in [6.07, 6.45) is 33.7. The van der Waals surface area contributed by atoms with Crippen LogP contribution >= 0.6 is 0 Å². The van der Waals surface area contributed by atoms with Crippen LogP contribution in [-0.4, -0.2) is 22.8 Å². The van der Waals surface area contributed by atoms with Crippen LogP contribution in [0.2, 0.25) is 0 Å². The molecule has 34 heavy (non-hydrogen) atoms. The zero-order valence-electron chi connectivity index (χ0n) is 20.4. The highest BCUT2D eigenvalue weighted by atomic mass is 16.5. The molecule has 0 aliphatic carbocycles. The number of phenols is 2. The van der Waals surface area contributed by atoms with Crippen LogP contribution in [0.5, 0.6) is 11.5 Å². The molecular weight excluding hydrogens is 424 g/mol. The molecule has 184 valence electrons. The zero-order chi connectivity index (χ0) is 24.7. The predicted octanol–water partition coefficient (Wildman–Crippen LogP) is 7.66. The first kappa shape index (κ1) is 28.8. The lowest BCUT2D eigenvalue weighted by Gasteiger charge is -2.04. The monoisotopic (exact) mass is 464 g/mol. The molecule has 0 unspecified atom stereocenters. The smallest absolute Gasteiger partial charge is 0.330 e. The number of rotatable bonds is 17. The number of carbonyl (C=O) groups is 1. The van der Waals surface area contributed by atoms with Gasteiger partial charge in [-0.25, -0.2) is 4.79 Å². The molecule has 0 spiro atoms. The van der Waals surface area contributed by atoms with Crippen LogP contribution < -0.4 is 0 Å². The number of hydrogen-bond donors (Lipinski definition) is 2. The minimum absolute atomic E-state index is 0.169. The molecule has 0 saturated heterocycles. The van der Waals surface area contributed by atoms with Crippen molar-refractivity contribution in [1.82, 2.24) is 0 Å². The van der Waals surface area contributed by atoms with Crippen LogP contribution in [0.3, 0.4) is 0 Å². The fraction of sp³-hybridized carbons (Fsp3) is 0.367. The molecule has 0 aliphatic rings. The Hall–Kier alpha value is -3.27. The second-order valence-electron chi connectivity index (χ2n) is 7.98. The third kappa shape index (κ3) is 16.4. The summed E-state index contributed by atoms with van der Waals surface area (Å²) in [6, 6.07) is 4.53. The highest BCUT2D eigenvalue weighted by molar-refractivity contribution is 5.82. The third-order valence-electron chi connectivity index (χ3n) is 5.02. The lowest BCUT2D eigenvalue weighted by molar-refractivity contribution is -0.137. The van der Waals surface area contributed by atoms with E-state index in [0.29, 0.717) is 6.42 Å². The first-order valence-corrected chi connectivity index (χ1v) is 12.3. The summed E-state index contributed by atoms with van der Waals surface area (Å²) in [7, 11) is 0. The summed E-state index contributed by atoms with van der Waals surface area (Å²) >= 11 is 0. The number of phenolic OH excluding ortho intramolecular Hbond substituents is 2. The van der Waals surface area contributed by atoms with Gasteiger partial charge in [0.1, 0.15) is 0 Å². The molecule has 0 amide bonds. The van der Waals surface area contributed by atoms with Gasteiger partial charge in [-0.15, -0.1) is 0 Å². The fourth-order valence-electron chi connectivity index (χ4n) is 3.08. The van der Waals surface area contributed by atoms with Crippen molar-refractivity contribution in [2.24, 2.45) is 0 Å². The van der Waals surface area contributed by atoms with Gasteiger partial charge in [0.15, 0.2) is 11.5 Å². The van der Waals surface area contributed by atoms with E-state index in [4.69, 9.17) is 4.74 Å². The van der Waals surface area contributed by atoms with Crippen LogP contribution in [0, 0.1) is 0 Å². The lowest BCUT2D eigenvalue weighted by atomic mass is 10.1. The van der Waals surface area contributed by atoms with E-state index < -0.39 is 5.97 Å². The Kier molecular flexibility index (Phi) is 17.2. The number of aromatic hydroxyl groups is 2. The highest BCUT2D eigenvalue weighted by Gasteiger charge is 2.02. The standard InChI is InChI=1S/C30H40O4/c1-2-3-4-5-6-7-8-9-10-11-12-13-14-15-16-17-18-19-20-21-30(33)34-25-24-27-22-23-28(31)29(32)26-27/h10-23,26,31-32H,2-9,24-25H2,1H3. The van der Waals surface area contributed by atoms with Gasteiger partial charge in [-0.1, -0.05) is 118 Å². The zero-order valence-corrected chi connectivity index (χ0v) is 20.4. The maximum atomic E-state index is 11.7. The first-order valence-electron chi connectivity index (χ1n) is 12.3. The summed E-state index contributed by atoms with van der Waals surface area (Å²) in [4.78, 5) is 11.7. The Morgan fingerprint density at radius 2 is 1.35 bits per heavy atom. The van der Waals surface area contributed by atoms with Gasteiger partial charge in [0.05, 0.1) is 6.61 Å². The van der Waals surface area contributed by atoms with Crippen molar-refractivity contribution in [3.8, 4) is 11.5 Å². The number of carbonyl (C=O) groups excluding carboxylic acids is 1. The van der Waals surface area contributed by atoms with E-state index in [0.717, 1.165) is 12.0 Å². The normalized spacial score (nSPS) is 12.5. The number of unbranched alkanes of at least 4 members (excludes halogenated alkanes) is 7. The quantitative estimate of drug-likeness (QED) is 0.0816. The van der Waals surface area contributed by atoms with Crippen LogP contribution in [0.4, 0.5) is 0 Å². The van der Waals surface area contributed by atoms with Crippen molar-refractivity contribution in [2.75, 3.05) is 6.61 Å². The van der Waals surface area contributed by atoms with E-state index in [1.165, 1.54) is 63.2 Å². The average molecular weight is 465 g/mol. The first-order chi connectivity index (χ1) is 16.6. The average Bonchev–Trinajstić information content (AvgIpc) is 2.83. The van der Waals surface area contributed by atoms with Crippen molar-refractivity contribution in [3.05, 3.63) is 96.7 Å². The molecule has 1 rings (SSSR count). The Balaban J connectivity index is 2.08. The molecule has 1 aromatic carbocycles. The summed E-state index contributed by atoms with van der Waals surface area (Å²) in [5.41, 5.74) is 0.777. The van der Waals surface area contributed by atoms with Crippen molar-refractivity contribution in [1.29, 1.82) is 0 Å². The molecule has 2 N–H and O–H groups in total. The molecule has 0 heterocycles. The molecule has 0 aromatic heterocycles. The summed E-state index contributed by atoms with van der Waals surface area (Å²) in [5, 5.41) is 18.7. The fourth-order valence-corrected chi connectivity index (χ4v) is 3.08. The summed E-state index contributed by atoms with van der Waals surface area (Å²) in [5.74, 6) is -0.779. The number of hydrogen-bond acceptors (Lipinski definition) is 4. The lowest BCUT2D eigenvalue weighted by Crippen LogP contribution is -2.04. The van der Waals surface area contributed by atoms with Crippen molar-refractivity contribution in [3.63, 3.8) is 0 Å². The Morgan fingerprint density at radius 3 is 2.00 bits per heavy atom. The Bertz CT molecular complexity index is 857. The van der Waals surface area contributed by atoms with Gasteiger partial charge < -0.3 is 14.9 Å². The van der Waals surface area contributed by atoms with Crippen molar-refractivity contribution in [2.45, 2.75) is 64.7 Å².